The molecule has 1 aliphatic heterocycles. The minimum absolute atomic E-state index is 0.145. The molecular weight excluding hydrogens is 307 g/mol. The van der Waals surface area contributed by atoms with Gasteiger partial charge in [0.15, 0.2) is 0 Å². The summed E-state index contributed by atoms with van der Waals surface area (Å²) in [6, 6.07) is 6.08. The highest BCUT2D eigenvalue weighted by Gasteiger charge is 2.28. The smallest absolute Gasteiger partial charge is 0.219 e. The van der Waals surface area contributed by atoms with Crippen molar-refractivity contribution in [3.8, 4) is 0 Å². The Balaban J connectivity index is 1.85. The Bertz CT molecular complexity index is 562. The number of hydrogen-bond donors (Lipinski definition) is 2. The van der Waals surface area contributed by atoms with Gasteiger partial charge in [-0.15, -0.1) is 0 Å². The van der Waals surface area contributed by atoms with Crippen molar-refractivity contribution < 1.29 is 14.3 Å². The van der Waals surface area contributed by atoms with Crippen LogP contribution in [0.3, 0.4) is 0 Å². The Kier molecular flexibility index (Phi) is 6.35. The van der Waals surface area contributed by atoms with Crippen LogP contribution in [0.4, 0.5) is 4.39 Å². The Hall–Kier alpha value is -1.46. The van der Waals surface area contributed by atoms with Gasteiger partial charge in [-0.3, -0.25) is 4.79 Å². The van der Waals surface area contributed by atoms with Crippen LogP contribution in [0.15, 0.2) is 24.3 Å². The first kappa shape index (κ1) is 18.9. The zero-order valence-corrected chi connectivity index (χ0v) is 14.9. The number of benzene rings is 1. The number of carbonyl (C=O) groups excluding carboxylic acids is 1. The molecule has 1 fully saturated rings. The molecule has 0 spiro atoms. The summed E-state index contributed by atoms with van der Waals surface area (Å²) in [5, 5.41) is 13.6. The van der Waals surface area contributed by atoms with Crippen molar-refractivity contribution in [2.24, 2.45) is 5.92 Å². The molecule has 5 heteroatoms. The molecule has 0 aromatic heterocycles. The zero-order chi connectivity index (χ0) is 17.7. The standard InChI is InChI=1S/C19H29FN2O2/c1-14(23)22-9-5-6-15(13-22)11-19(2,3)21-12-18(24)16-7-4-8-17(20)10-16/h4,7-8,10,15,18,21,24H,5-6,9,11-13H2,1-3H3/t15-,18-/m0/s1. The van der Waals surface area contributed by atoms with Gasteiger partial charge in [-0.2, -0.15) is 0 Å². The number of rotatable bonds is 6. The summed E-state index contributed by atoms with van der Waals surface area (Å²) in [6.45, 7) is 7.89. The van der Waals surface area contributed by atoms with Gasteiger partial charge < -0.3 is 15.3 Å². The number of carbonyl (C=O) groups is 1. The van der Waals surface area contributed by atoms with Gasteiger partial charge in [-0.1, -0.05) is 12.1 Å². The lowest BCUT2D eigenvalue weighted by atomic mass is 9.85. The van der Waals surface area contributed by atoms with Gasteiger partial charge in [0, 0.05) is 32.1 Å². The average molecular weight is 336 g/mol. The summed E-state index contributed by atoms with van der Waals surface area (Å²) in [5.41, 5.74) is 0.428. The highest BCUT2D eigenvalue weighted by atomic mass is 19.1. The molecule has 4 nitrogen and oxygen atoms in total. The van der Waals surface area contributed by atoms with Crippen LogP contribution >= 0.6 is 0 Å². The van der Waals surface area contributed by atoms with E-state index in [1.54, 1.807) is 19.1 Å². The topological polar surface area (TPSA) is 52.6 Å². The summed E-state index contributed by atoms with van der Waals surface area (Å²) in [6.07, 6.45) is 2.38. The van der Waals surface area contributed by atoms with Crippen LogP contribution in [-0.2, 0) is 4.79 Å². The van der Waals surface area contributed by atoms with Gasteiger partial charge in [0.25, 0.3) is 0 Å². The Morgan fingerprint density at radius 1 is 1.50 bits per heavy atom. The SMILES string of the molecule is CC(=O)N1CCC[C@@H](CC(C)(C)NC[C@H](O)c2cccc(F)c2)C1. The number of halogens is 1. The van der Waals surface area contributed by atoms with Crippen molar-refractivity contribution in [1.29, 1.82) is 0 Å². The molecule has 1 aliphatic rings. The monoisotopic (exact) mass is 336 g/mol. The van der Waals surface area contributed by atoms with Crippen LogP contribution in [0, 0.1) is 11.7 Å². The van der Waals surface area contributed by atoms with E-state index in [0.717, 1.165) is 32.4 Å². The average Bonchev–Trinajstić information content (AvgIpc) is 2.52. The first-order valence-electron chi connectivity index (χ1n) is 8.71. The minimum Gasteiger partial charge on any atom is -0.387 e. The van der Waals surface area contributed by atoms with Crippen molar-refractivity contribution in [3.63, 3.8) is 0 Å². The molecule has 0 unspecified atom stereocenters. The van der Waals surface area contributed by atoms with Crippen molar-refractivity contribution in [2.75, 3.05) is 19.6 Å². The number of likely N-dealkylation sites (tertiary alicyclic amines) is 1. The fraction of sp³-hybridized carbons (Fsp3) is 0.632. The summed E-state index contributed by atoms with van der Waals surface area (Å²) >= 11 is 0. The van der Waals surface area contributed by atoms with E-state index in [-0.39, 0.29) is 17.3 Å². The van der Waals surface area contributed by atoms with Crippen molar-refractivity contribution in [2.45, 2.75) is 51.7 Å². The number of nitrogens with zero attached hydrogens (tertiary/aromatic N) is 1. The maximum absolute atomic E-state index is 13.2. The lowest BCUT2D eigenvalue weighted by Crippen LogP contribution is -2.46. The molecule has 1 aromatic carbocycles. The number of amides is 1. The van der Waals surface area contributed by atoms with E-state index in [0.29, 0.717) is 18.0 Å². The quantitative estimate of drug-likeness (QED) is 0.840. The van der Waals surface area contributed by atoms with E-state index in [2.05, 4.69) is 19.2 Å². The molecule has 1 saturated heterocycles. The fourth-order valence-electron chi connectivity index (χ4n) is 3.52. The van der Waals surface area contributed by atoms with Gasteiger partial charge >= 0.3 is 0 Å². The Morgan fingerprint density at radius 2 is 2.25 bits per heavy atom. The van der Waals surface area contributed by atoms with Crippen LogP contribution < -0.4 is 5.32 Å². The van der Waals surface area contributed by atoms with Crippen LogP contribution in [-0.4, -0.2) is 41.1 Å². The molecule has 2 atom stereocenters. The predicted molar refractivity (Wildman–Crippen MR) is 93.0 cm³/mol. The van der Waals surface area contributed by atoms with E-state index < -0.39 is 6.10 Å². The molecule has 1 aromatic rings. The highest BCUT2D eigenvalue weighted by Crippen LogP contribution is 2.26. The Labute approximate surface area is 144 Å². The fourth-order valence-corrected chi connectivity index (χ4v) is 3.52. The van der Waals surface area contributed by atoms with Crippen LogP contribution in [0.5, 0.6) is 0 Å². The second kappa shape index (κ2) is 8.08. The maximum Gasteiger partial charge on any atom is 0.219 e. The summed E-state index contributed by atoms with van der Waals surface area (Å²) < 4.78 is 13.2. The third-order valence-corrected chi connectivity index (χ3v) is 4.77. The van der Waals surface area contributed by atoms with Crippen molar-refractivity contribution >= 4 is 5.91 Å². The molecular formula is C19H29FN2O2. The molecule has 0 saturated carbocycles. The lowest BCUT2D eigenvalue weighted by molar-refractivity contribution is -0.130. The summed E-state index contributed by atoms with van der Waals surface area (Å²) in [4.78, 5) is 13.5. The first-order valence-corrected chi connectivity index (χ1v) is 8.71. The van der Waals surface area contributed by atoms with Crippen molar-refractivity contribution in [3.05, 3.63) is 35.6 Å². The molecule has 0 aliphatic carbocycles. The number of β-amino-alcohol motifs (C(OH)–C–C–N with tert-alkyl or cyclic N) is 1. The van der Waals surface area contributed by atoms with Gasteiger partial charge in [0.2, 0.25) is 5.91 Å². The van der Waals surface area contributed by atoms with E-state index >= 15 is 0 Å². The van der Waals surface area contributed by atoms with Crippen molar-refractivity contribution in [1.82, 2.24) is 10.2 Å². The van der Waals surface area contributed by atoms with Gasteiger partial charge in [-0.05, 0) is 56.7 Å². The third-order valence-electron chi connectivity index (χ3n) is 4.77. The number of aliphatic hydroxyl groups excluding tert-OH is 1. The molecule has 0 bridgehead atoms. The molecule has 2 rings (SSSR count). The summed E-state index contributed by atoms with van der Waals surface area (Å²) in [5.74, 6) is 0.279. The number of hydrogen-bond acceptors (Lipinski definition) is 3. The molecule has 134 valence electrons. The first-order chi connectivity index (χ1) is 11.3. The molecule has 1 amide bonds. The highest BCUT2D eigenvalue weighted by molar-refractivity contribution is 5.73. The Morgan fingerprint density at radius 3 is 2.92 bits per heavy atom. The van der Waals surface area contributed by atoms with E-state index in [9.17, 15) is 14.3 Å². The van der Waals surface area contributed by atoms with Gasteiger partial charge in [0.1, 0.15) is 5.82 Å². The van der Waals surface area contributed by atoms with E-state index in [4.69, 9.17) is 0 Å². The van der Waals surface area contributed by atoms with Gasteiger partial charge in [-0.25, -0.2) is 4.39 Å². The molecule has 1 heterocycles. The second-order valence-electron chi connectivity index (χ2n) is 7.51. The molecule has 0 radical (unpaired) electrons. The maximum atomic E-state index is 13.2. The zero-order valence-electron chi connectivity index (χ0n) is 14.9. The summed E-state index contributed by atoms with van der Waals surface area (Å²) in [7, 11) is 0. The predicted octanol–water partition coefficient (Wildman–Crippen LogP) is 2.88. The van der Waals surface area contributed by atoms with Crippen LogP contribution in [0.25, 0.3) is 0 Å². The largest absolute Gasteiger partial charge is 0.387 e. The van der Waals surface area contributed by atoms with E-state index in [1.165, 1.54) is 12.1 Å². The van der Waals surface area contributed by atoms with E-state index in [1.807, 2.05) is 4.90 Å². The number of aliphatic hydroxyl groups is 1. The number of nitrogens with one attached hydrogen (secondary N) is 1. The third kappa shape index (κ3) is 5.56. The lowest BCUT2D eigenvalue weighted by Gasteiger charge is -2.37. The minimum atomic E-state index is -0.736. The van der Waals surface area contributed by atoms with Gasteiger partial charge in [0.05, 0.1) is 6.10 Å². The normalized spacial score (nSPS) is 20.0. The molecule has 2 N–H and O–H groups in total. The number of piperidine rings is 1. The second-order valence-corrected chi connectivity index (χ2v) is 7.51. The van der Waals surface area contributed by atoms with Crippen LogP contribution in [0.1, 0.15) is 51.7 Å². The van der Waals surface area contributed by atoms with Crippen LogP contribution in [0.2, 0.25) is 0 Å². The molecule has 24 heavy (non-hydrogen) atoms.